The first-order valence-corrected chi connectivity index (χ1v) is 30.9. The van der Waals surface area contributed by atoms with Crippen molar-refractivity contribution in [1.82, 2.24) is 40.0 Å². The fourth-order valence-electron chi connectivity index (χ4n) is 7.35. The summed E-state index contributed by atoms with van der Waals surface area (Å²) in [4.78, 5) is 71.1. The van der Waals surface area contributed by atoms with Gasteiger partial charge in [0.05, 0.1) is 44.7 Å². The topological polar surface area (TPSA) is 230 Å². The van der Waals surface area contributed by atoms with E-state index in [9.17, 15) is 19.2 Å². The number of benzene rings is 2. The van der Waals surface area contributed by atoms with Gasteiger partial charge < -0.3 is 50.5 Å². The predicted molar refractivity (Wildman–Crippen MR) is 332 cm³/mol. The number of thiazole rings is 2. The van der Waals surface area contributed by atoms with Gasteiger partial charge in [-0.05, 0) is 107 Å². The maximum Gasteiger partial charge on any atom is 0.253 e. The molecule has 0 spiro atoms. The lowest BCUT2D eigenvalue weighted by atomic mass is 9.94. The van der Waals surface area contributed by atoms with Gasteiger partial charge in [-0.15, -0.1) is 23.5 Å². The summed E-state index contributed by atoms with van der Waals surface area (Å²) in [5.74, 6) is 4.38. The van der Waals surface area contributed by atoms with Crippen LogP contribution < -0.4 is 27.0 Å². The van der Waals surface area contributed by atoms with Gasteiger partial charge in [0, 0.05) is 89.5 Å². The molecule has 0 bridgehead atoms. The van der Waals surface area contributed by atoms with Gasteiger partial charge in [-0.3, -0.25) is 19.2 Å². The highest BCUT2D eigenvalue weighted by molar-refractivity contribution is 9.09. The molecule has 2 aliphatic rings. The Labute approximate surface area is 500 Å². The zero-order chi connectivity index (χ0) is 58.4. The van der Waals surface area contributed by atoms with Gasteiger partial charge in [-0.1, -0.05) is 92.3 Å². The molecule has 2 saturated heterocycles. The van der Waals surface area contributed by atoms with E-state index >= 15 is 0 Å². The largest absolute Gasteiger partial charge is 0.444 e. The normalized spacial score (nSPS) is 15.3. The highest BCUT2D eigenvalue weighted by Gasteiger charge is 2.29. The van der Waals surface area contributed by atoms with Crippen LogP contribution in [-0.2, 0) is 31.9 Å². The van der Waals surface area contributed by atoms with Crippen molar-refractivity contribution in [3.05, 3.63) is 132 Å². The fraction of sp³-hybridized carbons (Fsp3) is 0.429. The van der Waals surface area contributed by atoms with E-state index in [1.807, 2.05) is 61.5 Å². The Morgan fingerprint density at radius 3 is 1.56 bits per heavy atom. The van der Waals surface area contributed by atoms with E-state index in [1.165, 1.54) is 12.2 Å². The number of carbonyl (C=O) groups excluding carboxylic acids is 4. The molecule has 24 heteroatoms. The lowest BCUT2D eigenvalue weighted by molar-refractivity contribution is -0.112. The monoisotopic (exact) mass is 1250 g/mol. The zero-order valence-electron chi connectivity index (χ0n) is 47.0. The van der Waals surface area contributed by atoms with Crippen molar-refractivity contribution >= 4 is 118 Å². The molecule has 6 heterocycles. The molecule has 0 saturated carbocycles. The molecule has 2 aromatic carbocycles. The number of likely N-dealkylation sites (N-methyl/N-ethyl adjacent to an activating group) is 1. The maximum atomic E-state index is 13.0. The van der Waals surface area contributed by atoms with Gasteiger partial charge in [0.25, 0.3) is 11.8 Å². The molecule has 8 rings (SSSR count). The van der Waals surface area contributed by atoms with Gasteiger partial charge >= 0.3 is 0 Å². The molecule has 2 atom stereocenters. The van der Waals surface area contributed by atoms with E-state index in [0.717, 1.165) is 55.5 Å². The van der Waals surface area contributed by atoms with E-state index in [0.29, 0.717) is 71.4 Å². The Balaban J connectivity index is 0.000000256. The average Bonchev–Trinajstić information content (AvgIpc) is 4.28. The molecular formula is C56H74BrClN12O6S4. The van der Waals surface area contributed by atoms with Crippen LogP contribution in [0.3, 0.4) is 0 Å². The van der Waals surface area contributed by atoms with Crippen LogP contribution in [0.15, 0.2) is 115 Å². The Bertz CT molecular complexity index is 2950. The molecular weight excluding hydrogens is 1180 g/mol. The smallest absolute Gasteiger partial charge is 0.253 e. The minimum atomic E-state index is -0.431. The number of alkyl halides is 1. The van der Waals surface area contributed by atoms with Crippen LogP contribution in [0.25, 0.3) is 0 Å². The summed E-state index contributed by atoms with van der Waals surface area (Å²) in [7, 11) is 7.63. The SMILES string of the molecule is CC(C)(C)c1cnc(CSc2cnc(N[C@@H]3CCN(C(=O)c4ccc(N)cc4)C3)s2)o1.CN(C)C/C=C/C(=O)Nc1ccc(C(=O)N2CC[C@@H](Nc3ncc(SCc4ncc(C(C)(C)C)o4)s3)C2)cc1.CNC.O=C(Cl)/C=C/CBr. The van der Waals surface area contributed by atoms with Crippen molar-refractivity contribution in [1.29, 1.82) is 0 Å². The first-order valence-electron chi connectivity index (χ1n) is 25.8. The number of hydrogen-bond donors (Lipinski definition) is 5. The number of thioether (sulfide) groups is 2. The first-order chi connectivity index (χ1) is 38.0. The fourth-order valence-corrected chi connectivity index (χ4v) is 11.2. The average molecular weight is 1250 g/mol. The van der Waals surface area contributed by atoms with E-state index in [4.69, 9.17) is 26.2 Å². The third kappa shape index (κ3) is 22.4. The number of anilines is 4. The number of hydrogen-bond acceptors (Lipinski definition) is 19. The second kappa shape index (κ2) is 32.2. The van der Waals surface area contributed by atoms with Crippen molar-refractivity contribution < 1.29 is 28.0 Å². The number of allylic oxidation sites excluding steroid dienone is 2. The van der Waals surface area contributed by atoms with Crippen molar-refractivity contribution in [2.45, 2.75) is 97.2 Å². The summed E-state index contributed by atoms with van der Waals surface area (Å²) in [6.07, 6.45) is 15.4. The van der Waals surface area contributed by atoms with Gasteiger partial charge in [0.1, 0.15) is 11.5 Å². The van der Waals surface area contributed by atoms with Crippen LogP contribution in [0.4, 0.5) is 21.6 Å². The molecule has 3 amide bonds. The molecule has 6 aromatic rings. The van der Waals surface area contributed by atoms with E-state index in [-0.39, 0.29) is 40.6 Å². The van der Waals surface area contributed by atoms with Crippen molar-refractivity contribution in [2.24, 2.45) is 0 Å². The number of carbonyl (C=O) groups is 4. The maximum absolute atomic E-state index is 13.0. The van der Waals surface area contributed by atoms with Crippen LogP contribution in [-0.4, -0.2) is 136 Å². The number of likely N-dealkylation sites (tertiary alicyclic amines) is 2. The van der Waals surface area contributed by atoms with Crippen LogP contribution in [0.1, 0.15) is 98.4 Å². The Kier molecular flexibility index (Phi) is 26.3. The number of nitrogen functional groups attached to an aromatic ring is 1. The predicted octanol–water partition coefficient (Wildman–Crippen LogP) is 11.3. The number of nitrogens with two attached hydrogens (primary N) is 1. The van der Waals surface area contributed by atoms with Crippen LogP contribution in [0.5, 0.6) is 0 Å². The van der Waals surface area contributed by atoms with Gasteiger partial charge in [-0.2, -0.15) is 0 Å². The number of rotatable bonds is 18. The Morgan fingerprint density at radius 1 is 0.725 bits per heavy atom. The third-order valence-electron chi connectivity index (χ3n) is 11.5. The molecule has 18 nitrogen and oxygen atoms in total. The van der Waals surface area contributed by atoms with Crippen LogP contribution in [0.2, 0.25) is 0 Å². The Morgan fingerprint density at radius 2 is 1.18 bits per heavy atom. The number of nitrogens with one attached hydrogen (secondary N) is 4. The number of oxazole rings is 2. The second-order valence-corrected chi connectivity index (χ2v) is 26.4. The number of aromatic nitrogens is 4. The highest BCUT2D eigenvalue weighted by atomic mass is 79.9. The molecule has 0 unspecified atom stereocenters. The highest BCUT2D eigenvalue weighted by Crippen LogP contribution is 2.34. The molecule has 0 radical (unpaired) electrons. The van der Waals surface area contributed by atoms with Crippen LogP contribution >= 0.6 is 73.7 Å². The van der Waals surface area contributed by atoms with Crippen LogP contribution in [0, 0.1) is 0 Å². The van der Waals surface area contributed by atoms with E-state index in [2.05, 4.69) is 98.7 Å². The summed E-state index contributed by atoms with van der Waals surface area (Å²) in [5.41, 5.74) is 8.20. The van der Waals surface area contributed by atoms with Gasteiger partial charge in [0.15, 0.2) is 10.3 Å². The first kappa shape index (κ1) is 65.3. The van der Waals surface area contributed by atoms with Gasteiger partial charge in [0.2, 0.25) is 22.9 Å². The number of nitrogens with zero attached hydrogens (tertiary/aromatic N) is 7. The number of halogens is 2. The molecule has 80 heavy (non-hydrogen) atoms. The molecule has 2 aliphatic heterocycles. The summed E-state index contributed by atoms with van der Waals surface area (Å²) in [6, 6.07) is 14.4. The zero-order valence-corrected chi connectivity index (χ0v) is 52.6. The summed E-state index contributed by atoms with van der Waals surface area (Å²) in [6.45, 7) is 16.0. The van der Waals surface area contributed by atoms with Crippen molar-refractivity contribution in [3.8, 4) is 0 Å². The Hall–Kier alpha value is -5.53. The van der Waals surface area contributed by atoms with E-state index < -0.39 is 5.24 Å². The molecule has 432 valence electrons. The minimum absolute atomic E-state index is 0.0148. The van der Waals surface area contributed by atoms with Crippen molar-refractivity contribution in [3.63, 3.8) is 0 Å². The summed E-state index contributed by atoms with van der Waals surface area (Å²) < 4.78 is 13.9. The number of amides is 3. The molecule has 2 fully saturated rings. The van der Waals surface area contributed by atoms with E-state index in [1.54, 1.807) is 113 Å². The summed E-state index contributed by atoms with van der Waals surface area (Å²) in [5, 5.41) is 14.5. The third-order valence-corrected chi connectivity index (χ3v) is 16.2. The van der Waals surface area contributed by atoms with Gasteiger partial charge in [-0.25, -0.2) is 19.9 Å². The lowest BCUT2D eigenvalue weighted by Crippen LogP contribution is -2.31. The van der Waals surface area contributed by atoms with Crippen molar-refractivity contribution in [2.75, 3.05) is 87.9 Å². The molecule has 4 aromatic heterocycles. The quantitative estimate of drug-likeness (QED) is 0.0177. The molecule has 6 N–H and O–H groups in total. The standard InChI is InChI=1S/C28H36N6O3S2.C22H27N5O2S2.C4H4BrClO.C2H7N/c1-28(2,3)22-15-29-24(37-22)18-38-25-16-30-27(39-25)32-21-12-14-34(17-21)26(36)19-8-10-20(11-9-19)31-23(35)7-6-13-33(4)5;1-22(2,3)17-10-24-18(29-17)13-30-19-11-25-21(31-19)26-16-8-9-27(12-16)20(28)14-4-6-15(23)7-5-14;5-3-1-2-4(6)7;1-3-2/h6-11,15-16,21H,12-14,17-18H2,1-5H3,(H,30,32)(H,31,35);4-7,10-11,16H,8-9,12-13,23H2,1-3H3,(H,25,26);1-2H,3H2;3H,1-2H3/b7-6+;;2-1+;/t21-;16-;;/m11../s1. The molecule has 0 aliphatic carbocycles. The summed E-state index contributed by atoms with van der Waals surface area (Å²) >= 11 is 14.5. The minimum Gasteiger partial charge on any atom is -0.444 e. The lowest BCUT2D eigenvalue weighted by Gasteiger charge is -2.17. The second-order valence-electron chi connectivity index (χ2n) is 20.8.